The van der Waals surface area contributed by atoms with Crippen molar-refractivity contribution in [1.82, 2.24) is 5.32 Å². The summed E-state index contributed by atoms with van der Waals surface area (Å²) in [7, 11) is 4.07. The molecular formula is C15H25NO4S. The van der Waals surface area contributed by atoms with Gasteiger partial charge in [-0.1, -0.05) is 0 Å². The van der Waals surface area contributed by atoms with Crippen molar-refractivity contribution >= 4 is 10.8 Å². The summed E-state index contributed by atoms with van der Waals surface area (Å²) in [6, 6.07) is 4.03. The fourth-order valence-electron chi connectivity index (χ4n) is 2.06. The van der Waals surface area contributed by atoms with Gasteiger partial charge in [-0.15, -0.1) is 0 Å². The minimum atomic E-state index is -0.736. The van der Waals surface area contributed by atoms with Crippen LogP contribution in [-0.4, -0.2) is 44.1 Å². The molecule has 21 heavy (non-hydrogen) atoms. The normalized spacial score (nSPS) is 13.6. The van der Waals surface area contributed by atoms with E-state index in [4.69, 9.17) is 14.2 Å². The summed E-state index contributed by atoms with van der Waals surface area (Å²) in [6.07, 6.45) is 2.61. The number of rotatable bonds is 9. The van der Waals surface area contributed by atoms with E-state index < -0.39 is 10.8 Å². The van der Waals surface area contributed by atoms with E-state index in [2.05, 4.69) is 12.2 Å². The molecule has 1 aromatic rings. The van der Waals surface area contributed by atoms with Crippen LogP contribution in [0.4, 0.5) is 0 Å². The molecule has 2 unspecified atom stereocenters. The Bertz CT molecular complexity index is 454. The predicted molar refractivity (Wildman–Crippen MR) is 86.1 cm³/mol. The van der Waals surface area contributed by atoms with Gasteiger partial charge in [0.05, 0.1) is 21.3 Å². The average Bonchev–Trinajstić information content (AvgIpc) is 2.49. The van der Waals surface area contributed by atoms with Gasteiger partial charge in [0.15, 0.2) is 11.5 Å². The summed E-state index contributed by atoms with van der Waals surface area (Å²) < 4.78 is 27.1. The second-order valence-electron chi connectivity index (χ2n) is 4.77. The lowest BCUT2D eigenvalue weighted by Gasteiger charge is -2.18. The molecule has 1 rings (SSSR count). The molecule has 0 amide bonds. The van der Waals surface area contributed by atoms with Crippen LogP contribution in [0.25, 0.3) is 0 Å². The van der Waals surface area contributed by atoms with Crippen molar-refractivity contribution in [3.63, 3.8) is 0 Å². The standard InChI is InChI=1S/C15H25NO4S/c1-11(16-7-6-8-21(5)17)12-9-13(18-2)15(20-4)14(10-12)19-3/h9-11,16H,6-8H2,1-5H3. The molecule has 0 radical (unpaired) electrons. The molecule has 0 saturated carbocycles. The summed E-state index contributed by atoms with van der Waals surface area (Å²) in [5.74, 6) is 2.61. The van der Waals surface area contributed by atoms with Crippen LogP contribution in [0.2, 0.25) is 0 Å². The maximum absolute atomic E-state index is 11.0. The number of hydrogen-bond acceptors (Lipinski definition) is 5. The summed E-state index contributed by atoms with van der Waals surface area (Å²) in [6.45, 7) is 2.89. The van der Waals surface area contributed by atoms with Gasteiger partial charge in [0, 0.05) is 28.9 Å². The largest absolute Gasteiger partial charge is 0.493 e. The summed E-state index contributed by atoms with van der Waals surface area (Å²) >= 11 is 0. The van der Waals surface area contributed by atoms with Crippen molar-refractivity contribution < 1.29 is 18.4 Å². The molecule has 0 aliphatic carbocycles. The molecule has 0 fully saturated rings. The summed E-state index contributed by atoms with van der Waals surface area (Å²) in [5.41, 5.74) is 1.06. The van der Waals surface area contributed by atoms with Gasteiger partial charge in [0.2, 0.25) is 5.75 Å². The molecular weight excluding hydrogens is 290 g/mol. The smallest absolute Gasteiger partial charge is 0.203 e. The Morgan fingerprint density at radius 2 is 1.71 bits per heavy atom. The van der Waals surface area contributed by atoms with Crippen LogP contribution in [0, 0.1) is 0 Å². The SMILES string of the molecule is COc1cc(C(C)NCCCS(C)=O)cc(OC)c1OC. The molecule has 2 atom stereocenters. The van der Waals surface area contributed by atoms with E-state index in [1.165, 1.54) is 0 Å². The van der Waals surface area contributed by atoms with Crippen molar-refractivity contribution in [1.29, 1.82) is 0 Å². The van der Waals surface area contributed by atoms with E-state index in [0.29, 0.717) is 17.2 Å². The Morgan fingerprint density at radius 1 is 1.14 bits per heavy atom. The maximum Gasteiger partial charge on any atom is 0.203 e. The number of ether oxygens (including phenoxy) is 3. The van der Waals surface area contributed by atoms with E-state index >= 15 is 0 Å². The van der Waals surface area contributed by atoms with Crippen LogP contribution in [0.15, 0.2) is 12.1 Å². The van der Waals surface area contributed by atoms with Gasteiger partial charge in [0.25, 0.3) is 0 Å². The Kier molecular flexibility index (Phi) is 7.53. The lowest BCUT2D eigenvalue weighted by Crippen LogP contribution is -2.21. The Balaban J connectivity index is 2.79. The first-order chi connectivity index (χ1) is 10.0. The fraction of sp³-hybridized carbons (Fsp3) is 0.600. The quantitative estimate of drug-likeness (QED) is 0.708. The molecule has 0 aromatic heterocycles. The van der Waals surface area contributed by atoms with Gasteiger partial charge in [-0.05, 0) is 37.6 Å². The molecule has 0 saturated heterocycles. The van der Waals surface area contributed by atoms with Gasteiger partial charge in [-0.2, -0.15) is 0 Å². The van der Waals surface area contributed by atoms with E-state index in [-0.39, 0.29) is 6.04 Å². The molecule has 0 aliphatic heterocycles. The third-order valence-corrected chi connectivity index (χ3v) is 4.11. The lowest BCUT2D eigenvalue weighted by molar-refractivity contribution is 0.323. The van der Waals surface area contributed by atoms with Gasteiger partial charge in [-0.3, -0.25) is 4.21 Å². The Morgan fingerprint density at radius 3 is 2.14 bits per heavy atom. The van der Waals surface area contributed by atoms with Crippen molar-refractivity contribution in [2.75, 3.05) is 39.9 Å². The highest BCUT2D eigenvalue weighted by molar-refractivity contribution is 7.84. The van der Waals surface area contributed by atoms with Crippen LogP contribution >= 0.6 is 0 Å². The second-order valence-corrected chi connectivity index (χ2v) is 6.32. The first-order valence-electron chi connectivity index (χ1n) is 6.86. The summed E-state index contributed by atoms with van der Waals surface area (Å²) in [4.78, 5) is 0. The number of hydrogen-bond donors (Lipinski definition) is 1. The van der Waals surface area contributed by atoms with Gasteiger partial charge in [-0.25, -0.2) is 0 Å². The molecule has 0 aliphatic rings. The highest BCUT2D eigenvalue weighted by atomic mass is 32.2. The van der Waals surface area contributed by atoms with Gasteiger partial charge in [0.1, 0.15) is 0 Å². The summed E-state index contributed by atoms with van der Waals surface area (Å²) in [5, 5.41) is 3.41. The third kappa shape index (κ3) is 5.21. The number of nitrogens with one attached hydrogen (secondary N) is 1. The predicted octanol–water partition coefficient (Wildman–Crippen LogP) is 2.13. The lowest BCUT2D eigenvalue weighted by atomic mass is 10.1. The van der Waals surface area contributed by atoms with Crippen molar-refractivity contribution in [2.45, 2.75) is 19.4 Å². The first-order valence-corrected chi connectivity index (χ1v) is 8.59. The minimum absolute atomic E-state index is 0.143. The van der Waals surface area contributed by atoms with Crippen LogP contribution in [0.3, 0.4) is 0 Å². The number of benzene rings is 1. The zero-order chi connectivity index (χ0) is 15.8. The van der Waals surface area contributed by atoms with E-state index in [1.807, 2.05) is 12.1 Å². The Hall–Kier alpha value is -1.27. The Labute approximate surface area is 129 Å². The highest BCUT2D eigenvalue weighted by Gasteiger charge is 2.16. The van der Waals surface area contributed by atoms with Crippen LogP contribution in [-0.2, 0) is 10.8 Å². The molecule has 1 aromatic carbocycles. The first kappa shape index (κ1) is 17.8. The molecule has 0 heterocycles. The zero-order valence-corrected chi connectivity index (χ0v) is 14.2. The van der Waals surface area contributed by atoms with Crippen molar-refractivity contribution in [3.05, 3.63) is 17.7 Å². The van der Waals surface area contributed by atoms with Gasteiger partial charge >= 0.3 is 0 Å². The van der Waals surface area contributed by atoms with Crippen LogP contribution < -0.4 is 19.5 Å². The van der Waals surface area contributed by atoms with Crippen LogP contribution in [0.5, 0.6) is 17.2 Å². The maximum atomic E-state index is 11.0. The molecule has 120 valence electrons. The average molecular weight is 315 g/mol. The number of methoxy groups -OCH3 is 3. The van der Waals surface area contributed by atoms with E-state index in [0.717, 1.165) is 24.3 Å². The van der Waals surface area contributed by atoms with Crippen molar-refractivity contribution in [3.8, 4) is 17.2 Å². The second kappa shape index (κ2) is 8.89. The molecule has 0 spiro atoms. The highest BCUT2D eigenvalue weighted by Crippen LogP contribution is 2.39. The zero-order valence-electron chi connectivity index (χ0n) is 13.4. The topological polar surface area (TPSA) is 56.8 Å². The van der Waals surface area contributed by atoms with Gasteiger partial charge < -0.3 is 19.5 Å². The third-order valence-electron chi connectivity index (χ3n) is 3.25. The van der Waals surface area contributed by atoms with Crippen molar-refractivity contribution in [2.24, 2.45) is 0 Å². The molecule has 6 heteroatoms. The van der Waals surface area contributed by atoms with E-state index in [9.17, 15) is 4.21 Å². The monoisotopic (exact) mass is 315 g/mol. The fourth-order valence-corrected chi connectivity index (χ4v) is 2.61. The van der Waals surface area contributed by atoms with E-state index in [1.54, 1.807) is 27.6 Å². The van der Waals surface area contributed by atoms with Crippen LogP contribution in [0.1, 0.15) is 24.9 Å². The molecule has 5 nitrogen and oxygen atoms in total. The molecule has 1 N–H and O–H groups in total. The minimum Gasteiger partial charge on any atom is -0.493 e. The molecule has 0 bridgehead atoms.